The van der Waals surface area contributed by atoms with Crippen molar-refractivity contribution in [3.05, 3.63) is 54.6 Å². The van der Waals surface area contributed by atoms with Gasteiger partial charge >= 0.3 is 8.80 Å². The molecule has 228 valence electrons. The third-order valence-electron chi connectivity index (χ3n) is 6.62. The van der Waals surface area contributed by atoms with Crippen LogP contribution in [0.15, 0.2) is 64.8 Å². The van der Waals surface area contributed by atoms with Crippen molar-refractivity contribution in [1.82, 2.24) is 5.32 Å². The molecule has 0 heterocycles. The Morgan fingerprint density at radius 3 is 1.85 bits per heavy atom. The number of rotatable bonds is 23. The van der Waals surface area contributed by atoms with Gasteiger partial charge in [-0.1, -0.05) is 38.0 Å². The maximum absolute atomic E-state index is 11.5. The molecule has 2 rings (SSSR count). The minimum atomic E-state index is -2.59. The summed E-state index contributed by atoms with van der Waals surface area (Å²) in [6.07, 6.45) is 8.88. The lowest BCUT2D eigenvalue weighted by Gasteiger charge is -2.28. The Bertz CT molecular complexity index is 958. The molecule has 0 fully saturated rings. The summed E-state index contributed by atoms with van der Waals surface area (Å²) in [5.41, 5.74) is 1.61. The number of benzene rings is 2. The van der Waals surface area contributed by atoms with Crippen molar-refractivity contribution in [2.75, 3.05) is 26.4 Å². The Labute approximate surface area is 248 Å². The monoisotopic (exact) mass is 585 g/mol. The van der Waals surface area contributed by atoms with Crippen molar-refractivity contribution in [1.29, 1.82) is 0 Å². The lowest BCUT2D eigenvalue weighted by Crippen LogP contribution is -2.45. The highest BCUT2D eigenvalue weighted by molar-refractivity contribution is 6.60. The molecule has 1 N–H and O–H groups in total. The molecule has 0 bridgehead atoms. The van der Waals surface area contributed by atoms with Gasteiger partial charge in [-0.3, -0.25) is 4.79 Å². The van der Waals surface area contributed by atoms with Crippen LogP contribution in [0.4, 0.5) is 11.4 Å². The summed E-state index contributed by atoms with van der Waals surface area (Å²) in [5, 5.41) is 11.6. The average molecular weight is 586 g/mol. The molecule has 0 spiro atoms. The number of nitrogens with one attached hydrogen (secondary N) is 1. The molecule has 0 saturated heterocycles. The summed E-state index contributed by atoms with van der Waals surface area (Å²) in [5.74, 6) is 0.961. The van der Waals surface area contributed by atoms with Crippen LogP contribution < -0.4 is 10.1 Å². The van der Waals surface area contributed by atoms with Crippen LogP contribution in [-0.4, -0.2) is 47.2 Å². The summed E-state index contributed by atoms with van der Waals surface area (Å²) in [7, 11) is -2.59. The van der Waals surface area contributed by atoms with Gasteiger partial charge in [-0.25, -0.2) is 0 Å². The van der Waals surface area contributed by atoms with Gasteiger partial charge in [0.2, 0.25) is 5.91 Å². The number of nitrogens with zero attached hydrogens (tertiary/aromatic N) is 2. The number of unbranched alkanes of at least 4 members (excludes halogenated alkanes) is 4. The topological polar surface area (TPSA) is 90.7 Å². The minimum absolute atomic E-state index is 0.114. The van der Waals surface area contributed by atoms with Crippen LogP contribution in [0.5, 0.6) is 5.75 Å². The van der Waals surface area contributed by atoms with E-state index >= 15 is 0 Å². The van der Waals surface area contributed by atoms with Crippen molar-refractivity contribution in [2.45, 2.75) is 97.6 Å². The van der Waals surface area contributed by atoms with E-state index in [2.05, 4.69) is 15.5 Å². The molecule has 2 aromatic carbocycles. The molecule has 2 aromatic rings. The van der Waals surface area contributed by atoms with Crippen LogP contribution >= 0.6 is 0 Å². The zero-order valence-electron chi connectivity index (χ0n) is 25.6. The van der Waals surface area contributed by atoms with Gasteiger partial charge in [-0.2, -0.15) is 10.2 Å². The summed E-state index contributed by atoms with van der Waals surface area (Å²) in [6, 6.07) is 18.4. The molecular weight excluding hydrogens is 534 g/mol. The predicted octanol–water partition coefficient (Wildman–Crippen LogP) is 8.54. The highest BCUT2D eigenvalue weighted by Gasteiger charge is 2.39. The summed E-state index contributed by atoms with van der Waals surface area (Å²) in [4.78, 5) is 11.5. The van der Waals surface area contributed by atoms with Gasteiger partial charge in [0.15, 0.2) is 0 Å². The number of azo groups is 1. The molecule has 0 radical (unpaired) electrons. The van der Waals surface area contributed by atoms with Crippen LogP contribution in [0.25, 0.3) is 0 Å². The van der Waals surface area contributed by atoms with Crippen LogP contribution in [0.3, 0.4) is 0 Å². The first kappa shape index (κ1) is 34.6. The minimum Gasteiger partial charge on any atom is -0.490 e. The zero-order valence-corrected chi connectivity index (χ0v) is 26.6. The second-order valence-corrected chi connectivity index (χ2v) is 12.6. The fraction of sp³-hybridized carbons (Fsp3) is 0.594. The van der Waals surface area contributed by atoms with Crippen molar-refractivity contribution in [2.24, 2.45) is 10.2 Å². The number of carbonyl (C=O) groups excluding carboxylic acids is 1. The maximum atomic E-state index is 11.5. The maximum Gasteiger partial charge on any atom is 0.500 e. The largest absolute Gasteiger partial charge is 0.500 e. The molecule has 1 atom stereocenters. The van der Waals surface area contributed by atoms with Gasteiger partial charge in [-0.05, 0) is 95.7 Å². The number of hydrogen-bond acceptors (Lipinski definition) is 7. The van der Waals surface area contributed by atoms with Gasteiger partial charge in [0.25, 0.3) is 0 Å². The Kier molecular flexibility index (Phi) is 17.9. The van der Waals surface area contributed by atoms with Crippen LogP contribution in [0, 0.1) is 0 Å². The van der Waals surface area contributed by atoms with Gasteiger partial charge in [0.1, 0.15) is 5.75 Å². The summed E-state index contributed by atoms with van der Waals surface area (Å²) >= 11 is 0. The van der Waals surface area contributed by atoms with E-state index in [4.69, 9.17) is 18.0 Å². The fourth-order valence-corrected chi connectivity index (χ4v) is 7.26. The first-order valence-corrected chi connectivity index (χ1v) is 17.4. The van der Waals surface area contributed by atoms with Crippen LogP contribution in [0.2, 0.25) is 6.04 Å². The van der Waals surface area contributed by atoms with Gasteiger partial charge in [0.05, 0.1) is 17.5 Å². The van der Waals surface area contributed by atoms with E-state index < -0.39 is 8.80 Å². The Hall–Kier alpha value is -2.59. The standard InChI is InChI=1S/C32H51N3O5Si/c1-5-32(36)33-26-16-10-14-20-30(21-15-11-17-27-41(37-6-2,38-7-3)39-8-4)40-31-24-22-29(23-25-31)35-34-28-18-12-9-13-19-28/h9,12-13,18-19,22-25,30H,5-8,10-11,14-17,20-21,26-27H2,1-4H3,(H,33,36). The second-order valence-electron chi connectivity index (χ2n) is 9.90. The third-order valence-corrected chi connectivity index (χ3v) is 9.78. The van der Waals surface area contributed by atoms with E-state index in [0.717, 1.165) is 81.1 Å². The molecule has 9 heteroatoms. The Balaban J connectivity index is 1.89. The number of carbonyl (C=O) groups is 1. The molecule has 1 unspecified atom stereocenters. The van der Waals surface area contributed by atoms with E-state index in [9.17, 15) is 4.79 Å². The first-order valence-electron chi connectivity index (χ1n) is 15.5. The number of amides is 1. The van der Waals surface area contributed by atoms with Crippen molar-refractivity contribution in [3.63, 3.8) is 0 Å². The van der Waals surface area contributed by atoms with E-state index in [1.807, 2.05) is 82.3 Å². The van der Waals surface area contributed by atoms with E-state index in [1.54, 1.807) is 0 Å². The normalized spacial score (nSPS) is 12.5. The molecule has 0 aliphatic carbocycles. The lowest BCUT2D eigenvalue weighted by atomic mass is 10.0. The van der Waals surface area contributed by atoms with E-state index in [-0.39, 0.29) is 12.0 Å². The number of hydrogen-bond donors (Lipinski definition) is 1. The smallest absolute Gasteiger partial charge is 0.490 e. The Morgan fingerprint density at radius 2 is 1.29 bits per heavy atom. The molecule has 0 aliphatic rings. The van der Waals surface area contributed by atoms with Crippen molar-refractivity contribution >= 4 is 26.1 Å². The molecule has 0 aromatic heterocycles. The summed E-state index contributed by atoms with van der Waals surface area (Å²) in [6.45, 7) is 10.4. The average Bonchev–Trinajstić information content (AvgIpc) is 2.99. The molecule has 8 nitrogen and oxygen atoms in total. The van der Waals surface area contributed by atoms with Crippen LogP contribution in [-0.2, 0) is 18.1 Å². The quantitative estimate of drug-likeness (QED) is 0.0801. The van der Waals surface area contributed by atoms with Crippen LogP contribution in [0.1, 0.15) is 85.5 Å². The SMILES string of the molecule is CCO[Si](CCCCCC(CCCCCNC(=O)CC)Oc1ccc(N=Nc2ccccc2)cc1)(OCC)OCC. The Morgan fingerprint density at radius 1 is 0.732 bits per heavy atom. The zero-order chi connectivity index (χ0) is 29.6. The van der Waals surface area contributed by atoms with Gasteiger partial charge in [0, 0.05) is 38.8 Å². The van der Waals surface area contributed by atoms with Crippen molar-refractivity contribution < 1.29 is 22.8 Å². The van der Waals surface area contributed by atoms with E-state index in [1.165, 1.54) is 0 Å². The van der Waals surface area contributed by atoms with E-state index in [0.29, 0.717) is 26.2 Å². The lowest BCUT2D eigenvalue weighted by molar-refractivity contribution is -0.120. The molecule has 1 amide bonds. The highest BCUT2D eigenvalue weighted by atomic mass is 28.4. The predicted molar refractivity (Wildman–Crippen MR) is 167 cm³/mol. The highest BCUT2D eigenvalue weighted by Crippen LogP contribution is 2.25. The molecule has 41 heavy (non-hydrogen) atoms. The first-order chi connectivity index (χ1) is 20.0. The van der Waals surface area contributed by atoms with Crippen molar-refractivity contribution in [3.8, 4) is 5.75 Å². The van der Waals surface area contributed by atoms with Gasteiger partial charge < -0.3 is 23.3 Å². The second kappa shape index (κ2) is 21.2. The third kappa shape index (κ3) is 14.7. The fourth-order valence-electron chi connectivity index (χ4n) is 4.57. The number of ether oxygens (including phenoxy) is 1. The van der Waals surface area contributed by atoms with Gasteiger partial charge in [-0.15, -0.1) is 0 Å². The molecular formula is C32H51N3O5Si. The summed E-state index contributed by atoms with van der Waals surface area (Å²) < 4.78 is 24.5. The molecule has 0 aliphatic heterocycles. The molecule has 0 saturated carbocycles.